The second-order valence-corrected chi connectivity index (χ2v) is 3.66. The lowest BCUT2D eigenvalue weighted by Crippen LogP contribution is -2.13. The Morgan fingerprint density at radius 2 is 2.25 bits per heavy atom. The minimum Gasteiger partial charge on any atom is -0.396 e. The average Bonchev–Trinajstić information content (AvgIpc) is 2.24. The number of pyridine rings is 1. The van der Waals surface area contributed by atoms with E-state index in [0.717, 1.165) is 16.5 Å². The molecule has 0 fully saturated rings. The molecule has 0 aliphatic heterocycles. The van der Waals surface area contributed by atoms with Gasteiger partial charge in [-0.2, -0.15) is 0 Å². The van der Waals surface area contributed by atoms with Crippen molar-refractivity contribution in [1.82, 2.24) is 4.98 Å². The average molecular weight is 217 g/mol. The summed E-state index contributed by atoms with van der Waals surface area (Å²) in [6.45, 7) is 1.89. The van der Waals surface area contributed by atoms with Crippen molar-refractivity contribution in [1.29, 1.82) is 0 Å². The molecule has 0 radical (unpaired) electrons. The number of nitrogen functional groups attached to an aromatic ring is 1. The molecule has 1 heterocycles. The second-order valence-electron chi connectivity index (χ2n) is 3.66. The summed E-state index contributed by atoms with van der Waals surface area (Å²) in [5.74, 6) is 0. The monoisotopic (exact) mass is 217 g/mol. The Morgan fingerprint density at radius 1 is 1.50 bits per heavy atom. The molecule has 16 heavy (non-hydrogen) atoms. The molecule has 0 spiro atoms. The number of hydrazine groups is 1. The van der Waals surface area contributed by atoms with E-state index in [1.807, 2.05) is 25.1 Å². The molecule has 0 saturated carbocycles. The van der Waals surface area contributed by atoms with Crippen LogP contribution < -0.4 is 11.2 Å². The number of nitrogens with two attached hydrogens (primary N) is 1. The SMILES string of the molecule is Cc1cc2ncccc2c(N)c1N[N+](C)=O. The van der Waals surface area contributed by atoms with Crippen molar-refractivity contribution in [3.8, 4) is 0 Å². The number of hydrogen-bond acceptors (Lipinski definition) is 3. The van der Waals surface area contributed by atoms with E-state index >= 15 is 0 Å². The van der Waals surface area contributed by atoms with Crippen LogP contribution in [-0.4, -0.2) is 16.9 Å². The van der Waals surface area contributed by atoms with Crippen molar-refractivity contribution in [2.24, 2.45) is 0 Å². The maximum atomic E-state index is 11.0. The zero-order valence-corrected chi connectivity index (χ0v) is 9.19. The zero-order chi connectivity index (χ0) is 11.7. The number of benzene rings is 1. The number of nitrogens with one attached hydrogen (secondary N) is 1. The van der Waals surface area contributed by atoms with Gasteiger partial charge in [-0.3, -0.25) is 4.98 Å². The van der Waals surface area contributed by atoms with Gasteiger partial charge in [0, 0.05) is 11.6 Å². The molecule has 0 amide bonds. The first-order valence-corrected chi connectivity index (χ1v) is 4.91. The number of rotatable bonds is 2. The van der Waals surface area contributed by atoms with Crippen molar-refractivity contribution < 1.29 is 4.87 Å². The van der Waals surface area contributed by atoms with Crippen molar-refractivity contribution in [3.05, 3.63) is 34.9 Å². The van der Waals surface area contributed by atoms with Crippen LogP contribution in [0.4, 0.5) is 11.4 Å². The molecule has 0 aliphatic carbocycles. The lowest BCUT2D eigenvalue weighted by atomic mass is 10.1. The third kappa shape index (κ3) is 1.67. The van der Waals surface area contributed by atoms with Crippen molar-refractivity contribution in [3.63, 3.8) is 0 Å². The van der Waals surface area contributed by atoms with Gasteiger partial charge in [0.05, 0.1) is 16.1 Å². The molecule has 0 atom stereocenters. The molecule has 0 saturated heterocycles. The Hall–Kier alpha value is -2.17. The van der Waals surface area contributed by atoms with E-state index in [1.165, 1.54) is 7.05 Å². The smallest absolute Gasteiger partial charge is 0.216 e. The summed E-state index contributed by atoms with van der Waals surface area (Å²) >= 11 is 0. The van der Waals surface area contributed by atoms with Gasteiger partial charge < -0.3 is 5.73 Å². The predicted octanol–water partition coefficient (Wildman–Crippen LogP) is 1.86. The number of aryl methyl sites for hydroxylation is 1. The highest BCUT2D eigenvalue weighted by molar-refractivity contribution is 5.98. The lowest BCUT2D eigenvalue weighted by Gasteiger charge is -2.08. The van der Waals surface area contributed by atoms with E-state index in [1.54, 1.807) is 6.20 Å². The normalized spacial score (nSPS) is 10.4. The Kier molecular flexibility index (Phi) is 2.44. The number of aromatic nitrogens is 1. The molecule has 0 unspecified atom stereocenters. The largest absolute Gasteiger partial charge is 0.396 e. The molecule has 1 aromatic heterocycles. The minimum atomic E-state index is 0.547. The van der Waals surface area contributed by atoms with Gasteiger partial charge in [0.15, 0.2) is 0 Å². The van der Waals surface area contributed by atoms with Crippen LogP contribution in [0.2, 0.25) is 0 Å². The summed E-state index contributed by atoms with van der Waals surface area (Å²) in [5, 5.41) is 0.845. The molecule has 5 nitrogen and oxygen atoms in total. The fourth-order valence-corrected chi connectivity index (χ4v) is 1.69. The van der Waals surface area contributed by atoms with Crippen LogP contribution in [0.5, 0.6) is 0 Å². The first-order valence-electron chi connectivity index (χ1n) is 4.91. The van der Waals surface area contributed by atoms with Crippen LogP contribution in [0.1, 0.15) is 5.56 Å². The third-order valence-electron chi connectivity index (χ3n) is 2.41. The Labute approximate surface area is 92.8 Å². The second kappa shape index (κ2) is 3.77. The Morgan fingerprint density at radius 3 is 2.94 bits per heavy atom. The summed E-state index contributed by atoms with van der Waals surface area (Å²) in [4.78, 5) is 15.8. The van der Waals surface area contributed by atoms with Gasteiger partial charge in [0.2, 0.25) is 7.05 Å². The van der Waals surface area contributed by atoms with Crippen LogP contribution in [0, 0.1) is 11.8 Å². The van der Waals surface area contributed by atoms with E-state index in [2.05, 4.69) is 10.4 Å². The molecule has 3 N–H and O–H groups in total. The van der Waals surface area contributed by atoms with Gasteiger partial charge in [0.25, 0.3) is 0 Å². The van der Waals surface area contributed by atoms with Crippen molar-refractivity contribution in [2.45, 2.75) is 6.92 Å². The van der Waals surface area contributed by atoms with Gasteiger partial charge in [-0.1, -0.05) is 0 Å². The van der Waals surface area contributed by atoms with Gasteiger partial charge in [0.1, 0.15) is 10.6 Å². The van der Waals surface area contributed by atoms with Crippen LogP contribution in [-0.2, 0) is 0 Å². The number of fused-ring (bicyclic) bond motifs is 1. The summed E-state index contributed by atoms with van der Waals surface area (Å²) in [6.07, 6.45) is 1.72. The fraction of sp³-hybridized carbons (Fsp3) is 0.182. The fourth-order valence-electron chi connectivity index (χ4n) is 1.69. The number of anilines is 2. The summed E-state index contributed by atoms with van der Waals surface area (Å²) in [7, 11) is 1.38. The van der Waals surface area contributed by atoms with E-state index in [-0.39, 0.29) is 0 Å². The Balaban J connectivity index is 2.70. The van der Waals surface area contributed by atoms with Crippen LogP contribution in [0.25, 0.3) is 10.9 Å². The molecule has 2 aromatic rings. The number of nitroso groups, excluding NO2 is 1. The highest BCUT2D eigenvalue weighted by Crippen LogP contribution is 2.30. The molecule has 2 rings (SSSR count). The summed E-state index contributed by atoms with van der Waals surface area (Å²) in [6, 6.07) is 5.60. The summed E-state index contributed by atoms with van der Waals surface area (Å²) < 4.78 is 0. The van der Waals surface area contributed by atoms with Gasteiger partial charge in [-0.05, 0) is 30.7 Å². The number of hydrogen-bond donors (Lipinski definition) is 2. The van der Waals surface area contributed by atoms with Crippen LogP contribution in [0.3, 0.4) is 0 Å². The van der Waals surface area contributed by atoms with Crippen LogP contribution >= 0.6 is 0 Å². The lowest BCUT2D eigenvalue weighted by molar-refractivity contribution is -0.486. The van der Waals surface area contributed by atoms with Gasteiger partial charge >= 0.3 is 0 Å². The van der Waals surface area contributed by atoms with Gasteiger partial charge in [-0.15, -0.1) is 5.43 Å². The molecule has 5 heteroatoms. The van der Waals surface area contributed by atoms with E-state index < -0.39 is 0 Å². The molecule has 1 aromatic carbocycles. The number of nitrogens with zero attached hydrogens (tertiary/aromatic N) is 2. The quantitative estimate of drug-likeness (QED) is 0.457. The molecule has 82 valence electrons. The Bertz CT molecular complexity index is 565. The molecular weight excluding hydrogens is 204 g/mol. The van der Waals surface area contributed by atoms with E-state index in [4.69, 9.17) is 5.73 Å². The molecular formula is C11H13N4O+. The predicted molar refractivity (Wildman–Crippen MR) is 64.1 cm³/mol. The van der Waals surface area contributed by atoms with Gasteiger partial charge in [-0.25, -0.2) is 0 Å². The van der Waals surface area contributed by atoms with Crippen molar-refractivity contribution >= 4 is 22.3 Å². The minimum absolute atomic E-state index is 0.547. The maximum absolute atomic E-state index is 11.0. The first-order chi connectivity index (χ1) is 7.59. The molecule has 0 aliphatic rings. The standard InChI is InChI=1S/C11H13N4O/c1-7-6-9-8(4-3-5-13-9)10(12)11(7)14-15(2)16/h3-6H,12H2,1-2H3,(H,14,16)/q+1. The van der Waals surface area contributed by atoms with E-state index in [0.29, 0.717) is 16.2 Å². The highest BCUT2D eigenvalue weighted by Gasteiger charge is 2.12. The zero-order valence-electron chi connectivity index (χ0n) is 9.19. The summed E-state index contributed by atoms with van der Waals surface area (Å²) in [5.41, 5.74) is 11.6. The van der Waals surface area contributed by atoms with Crippen LogP contribution in [0.15, 0.2) is 24.4 Å². The topological polar surface area (TPSA) is 71.0 Å². The van der Waals surface area contributed by atoms with Crippen molar-refractivity contribution in [2.75, 3.05) is 18.2 Å². The first kappa shape index (κ1) is 10.4. The van der Waals surface area contributed by atoms with E-state index in [9.17, 15) is 4.91 Å². The third-order valence-corrected chi connectivity index (χ3v) is 2.41. The maximum Gasteiger partial charge on any atom is 0.216 e. The highest BCUT2D eigenvalue weighted by atomic mass is 16.3. The molecule has 0 bridgehead atoms.